The minimum atomic E-state index is 0.221. The maximum absolute atomic E-state index is 11.6. The molecule has 2 aliphatic rings. The number of ether oxygens (including phenoxy) is 1. The van der Waals surface area contributed by atoms with Gasteiger partial charge in [0.15, 0.2) is 12.4 Å². The van der Waals surface area contributed by atoms with Gasteiger partial charge in [-0.2, -0.15) is 4.98 Å². The number of nitrogens with zero attached hydrogens (tertiary/aromatic N) is 2. The fourth-order valence-electron chi connectivity index (χ4n) is 2.49. The van der Waals surface area contributed by atoms with Crippen LogP contribution < -0.4 is 4.74 Å². The smallest absolute Gasteiger partial charge is 0.229 e. The zero-order valence-electron chi connectivity index (χ0n) is 11.0. The molecule has 1 aromatic heterocycles. The number of carbonyl (C=O) groups excluding carboxylic acids is 1. The van der Waals surface area contributed by atoms with Crippen molar-refractivity contribution >= 4 is 5.78 Å². The van der Waals surface area contributed by atoms with Crippen LogP contribution >= 0.6 is 0 Å². The molecule has 0 amide bonds. The largest absolute Gasteiger partial charge is 0.485 e. The molecule has 1 fully saturated rings. The Balaban J connectivity index is 1.45. The van der Waals surface area contributed by atoms with E-state index in [-0.39, 0.29) is 5.78 Å². The minimum absolute atomic E-state index is 0.221. The van der Waals surface area contributed by atoms with Crippen molar-refractivity contribution in [3.63, 3.8) is 0 Å². The van der Waals surface area contributed by atoms with Gasteiger partial charge >= 0.3 is 0 Å². The number of fused-ring (bicyclic) bond motifs is 1. The highest BCUT2D eigenvalue weighted by Crippen LogP contribution is 2.38. The highest BCUT2D eigenvalue weighted by molar-refractivity contribution is 6.00. The molecule has 2 aliphatic carbocycles. The first kappa shape index (κ1) is 11.6. The molecule has 0 unspecified atom stereocenters. The van der Waals surface area contributed by atoms with Gasteiger partial charge in [0.2, 0.25) is 11.7 Å². The van der Waals surface area contributed by atoms with Crippen LogP contribution in [-0.4, -0.2) is 15.9 Å². The Morgan fingerprint density at radius 3 is 3.05 bits per heavy atom. The molecule has 5 nitrogen and oxygen atoms in total. The Labute approximate surface area is 115 Å². The minimum Gasteiger partial charge on any atom is -0.485 e. The normalized spacial score (nSPS) is 17.3. The van der Waals surface area contributed by atoms with Crippen molar-refractivity contribution in [1.82, 2.24) is 10.1 Å². The third-order valence-electron chi connectivity index (χ3n) is 3.78. The lowest BCUT2D eigenvalue weighted by atomic mass is 10.1. The van der Waals surface area contributed by atoms with Crippen molar-refractivity contribution in [3.05, 3.63) is 41.0 Å². The summed E-state index contributed by atoms with van der Waals surface area (Å²) >= 11 is 0. The van der Waals surface area contributed by atoms with Crippen LogP contribution in [0.4, 0.5) is 0 Å². The summed E-state index contributed by atoms with van der Waals surface area (Å²) in [5.74, 6) is 2.73. The first-order valence-corrected chi connectivity index (χ1v) is 6.91. The lowest BCUT2D eigenvalue weighted by Gasteiger charge is -2.05. The fourth-order valence-corrected chi connectivity index (χ4v) is 2.49. The number of aromatic nitrogens is 2. The standard InChI is InChI=1S/C15H14N2O3/c18-13-6-3-10-7-11(4-5-12(10)13)19-8-14-16-15(20-17-14)9-1-2-9/h4-5,7,9H,1-3,6,8H2. The molecule has 1 saturated carbocycles. The van der Waals surface area contributed by atoms with Crippen molar-refractivity contribution in [3.8, 4) is 5.75 Å². The van der Waals surface area contributed by atoms with Crippen LogP contribution in [0.15, 0.2) is 22.7 Å². The zero-order chi connectivity index (χ0) is 13.5. The lowest BCUT2D eigenvalue weighted by molar-refractivity contribution is 0.0994. The van der Waals surface area contributed by atoms with Gasteiger partial charge in [-0.05, 0) is 43.0 Å². The van der Waals surface area contributed by atoms with E-state index in [0.717, 1.165) is 42.0 Å². The third-order valence-corrected chi connectivity index (χ3v) is 3.78. The highest BCUT2D eigenvalue weighted by Gasteiger charge is 2.29. The van der Waals surface area contributed by atoms with Gasteiger partial charge in [-0.15, -0.1) is 0 Å². The number of aryl methyl sites for hydroxylation is 1. The van der Waals surface area contributed by atoms with E-state index in [1.54, 1.807) is 0 Å². The topological polar surface area (TPSA) is 65.2 Å². The second kappa shape index (κ2) is 4.44. The van der Waals surface area contributed by atoms with Crippen LogP contribution in [0, 0.1) is 0 Å². The van der Waals surface area contributed by atoms with Crippen LogP contribution in [0.1, 0.15) is 52.8 Å². The number of hydrogen-bond donors (Lipinski definition) is 0. The van der Waals surface area contributed by atoms with Gasteiger partial charge in [-0.3, -0.25) is 4.79 Å². The Bertz CT molecular complexity index is 674. The first-order valence-electron chi connectivity index (χ1n) is 6.91. The van der Waals surface area contributed by atoms with Crippen molar-refractivity contribution < 1.29 is 14.1 Å². The van der Waals surface area contributed by atoms with Crippen LogP contribution in [0.5, 0.6) is 5.75 Å². The summed E-state index contributed by atoms with van der Waals surface area (Å²) in [5.41, 5.74) is 1.90. The Hall–Kier alpha value is -2.17. The molecule has 0 radical (unpaired) electrons. The number of rotatable bonds is 4. The van der Waals surface area contributed by atoms with Crippen molar-refractivity contribution in [1.29, 1.82) is 0 Å². The average molecular weight is 270 g/mol. The van der Waals surface area contributed by atoms with Gasteiger partial charge in [-0.25, -0.2) is 0 Å². The second-order valence-corrected chi connectivity index (χ2v) is 5.35. The summed E-state index contributed by atoms with van der Waals surface area (Å²) in [4.78, 5) is 15.9. The molecule has 102 valence electrons. The van der Waals surface area contributed by atoms with Gasteiger partial charge in [0.05, 0.1) is 0 Å². The number of ketones is 1. The Kier molecular flexibility index (Phi) is 2.58. The maximum Gasteiger partial charge on any atom is 0.229 e. The van der Waals surface area contributed by atoms with Crippen molar-refractivity contribution in [2.24, 2.45) is 0 Å². The van der Waals surface area contributed by atoms with E-state index in [2.05, 4.69) is 10.1 Å². The Morgan fingerprint density at radius 1 is 1.30 bits per heavy atom. The van der Waals surface area contributed by atoms with Crippen molar-refractivity contribution in [2.75, 3.05) is 0 Å². The van der Waals surface area contributed by atoms with E-state index in [1.807, 2.05) is 18.2 Å². The molecule has 0 bridgehead atoms. The van der Waals surface area contributed by atoms with Gasteiger partial charge < -0.3 is 9.26 Å². The lowest BCUT2D eigenvalue weighted by Crippen LogP contribution is -1.99. The zero-order valence-corrected chi connectivity index (χ0v) is 11.0. The van der Waals surface area contributed by atoms with Crippen LogP contribution in [0.2, 0.25) is 0 Å². The van der Waals surface area contributed by atoms with Crippen LogP contribution in [0.25, 0.3) is 0 Å². The molecule has 0 atom stereocenters. The summed E-state index contributed by atoms with van der Waals surface area (Å²) in [7, 11) is 0. The van der Waals surface area contributed by atoms with Gasteiger partial charge in [0.25, 0.3) is 0 Å². The van der Waals surface area contributed by atoms with Gasteiger partial charge in [-0.1, -0.05) is 5.16 Å². The number of hydrogen-bond acceptors (Lipinski definition) is 5. The maximum atomic E-state index is 11.6. The fraction of sp³-hybridized carbons (Fsp3) is 0.400. The van der Waals surface area contributed by atoms with E-state index in [1.165, 1.54) is 0 Å². The second-order valence-electron chi connectivity index (χ2n) is 5.35. The molecule has 0 N–H and O–H groups in total. The van der Waals surface area contributed by atoms with Crippen LogP contribution in [0.3, 0.4) is 0 Å². The van der Waals surface area contributed by atoms with E-state index in [0.29, 0.717) is 24.8 Å². The number of benzene rings is 1. The Morgan fingerprint density at radius 2 is 2.20 bits per heavy atom. The molecule has 4 rings (SSSR count). The van der Waals surface area contributed by atoms with Gasteiger partial charge in [0, 0.05) is 17.9 Å². The van der Waals surface area contributed by atoms with Crippen molar-refractivity contribution in [2.45, 2.75) is 38.2 Å². The third kappa shape index (κ3) is 2.09. The van der Waals surface area contributed by atoms with E-state index in [4.69, 9.17) is 9.26 Å². The molecule has 1 aromatic carbocycles. The van der Waals surface area contributed by atoms with Crippen LogP contribution in [-0.2, 0) is 13.0 Å². The molecule has 1 heterocycles. The average Bonchev–Trinajstić information content (AvgIpc) is 3.10. The monoisotopic (exact) mass is 270 g/mol. The quantitative estimate of drug-likeness (QED) is 0.854. The predicted molar refractivity (Wildman–Crippen MR) is 69.7 cm³/mol. The molecule has 5 heteroatoms. The molecular weight excluding hydrogens is 256 g/mol. The van der Waals surface area contributed by atoms with Gasteiger partial charge in [0.1, 0.15) is 5.75 Å². The molecule has 2 aromatic rings. The number of carbonyl (C=O) groups is 1. The SMILES string of the molecule is O=C1CCc2cc(OCc3noc(C4CC4)n3)ccc21. The summed E-state index contributed by atoms with van der Waals surface area (Å²) < 4.78 is 10.8. The van der Waals surface area contributed by atoms with E-state index < -0.39 is 0 Å². The molecule has 0 saturated heterocycles. The molecule has 0 spiro atoms. The summed E-state index contributed by atoms with van der Waals surface area (Å²) in [6.45, 7) is 0.295. The first-order chi connectivity index (χ1) is 9.79. The predicted octanol–water partition coefficient (Wildman–Crippen LogP) is 2.65. The molecule has 0 aliphatic heterocycles. The van der Waals surface area contributed by atoms with E-state index in [9.17, 15) is 4.79 Å². The summed E-state index contributed by atoms with van der Waals surface area (Å²) in [6, 6.07) is 5.60. The summed E-state index contributed by atoms with van der Waals surface area (Å²) in [6.07, 6.45) is 3.69. The highest BCUT2D eigenvalue weighted by atomic mass is 16.5. The van der Waals surface area contributed by atoms with E-state index >= 15 is 0 Å². The summed E-state index contributed by atoms with van der Waals surface area (Å²) in [5, 5.41) is 3.91. The number of Topliss-reactive ketones (excluding diaryl/α,β-unsaturated/α-hetero) is 1. The molecular formula is C15H14N2O3. The molecule has 20 heavy (non-hydrogen) atoms.